The molecule has 0 bridgehead atoms. The Kier molecular flexibility index (Phi) is 4.22. The number of amides is 2. The van der Waals surface area contributed by atoms with E-state index in [1.165, 1.54) is 12.3 Å². The molecule has 0 unspecified atom stereocenters. The van der Waals surface area contributed by atoms with Crippen LogP contribution in [-0.2, 0) is 0 Å². The van der Waals surface area contributed by atoms with Gasteiger partial charge in [0.15, 0.2) is 5.69 Å². The van der Waals surface area contributed by atoms with Crippen molar-refractivity contribution >= 4 is 17.7 Å². The quantitative estimate of drug-likeness (QED) is 0.745. The molecule has 0 aliphatic heterocycles. The normalized spacial score (nSPS) is 15.4. The van der Waals surface area contributed by atoms with E-state index in [0.29, 0.717) is 6.54 Å². The first-order chi connectivity index (χ1) is 9.56. The van der Waals surface area contributed by atoms with Crippen molar-refractivity contribution in [1.82, 2.24) is 10.3 Å². The molecule has 1 heterocycles. The Morgan fingerprint density at radius 1 is 1.45 bits per heavy atom. The lowest BCUT2D eigenvalue weighted by Gasteiger charge is -2.15. The van der Waals surface area contributed by atoms with Crippen LogP contribution in [0.1, 0.15) is 43.1 Å². The van der Waals surface area contributed by atoms with Crippen LogP contribution >= 0.6 is 0 Å². The second-order valence-corrected chi connectivity index (χ2v) is 5.26. The molecule has 1 saturated carbocycles. The van der Waals surface area contributed by atoms with Crippen molar-refractivity contribution in [3.63, 3.8) is 0 Å². The largest absolute Gasteiger partial charge is 0.476 e. The molecule has 1 aliphatic rings. The van der Waals surface area contributed by atoms with Gasteiger partial charge in [0.2, 0.25) is 0 Å². The van der Waals surface area contributed by atoms with Gasteiger partial charge in [-0.1, -0.05) is 13.3 Å². The van der Waals surface area contributed by atoms with Gasteiger partial charge < -0.3 is 15.7 Å². The first-order valence-corrected chi connectivity index (χ1v) is 6.79. The Bertz CT molecular complexity index is 512. The van der Waals surface area contributed by atoms with E-state index in [1.54, 1.807) is 6.07 Å². The summed E-state index contributed by atoms with van der Waals surface area (Å²) in [7, 11) is 0. The van der Waals surface area contributed by atoms with Crippen molar-refractivity contribution in [3.05, 3.63) is 24.0 Å². The SMILES string of the molecule is CCCC1(CNC(=O)Nc2cccnc2C(=O)O)CC1. The number of aromatic carboxylic acids is 1. The average molecular weight is 277 g/mol. The van der Waals surface area contributed by atoms with Crippen molar-refractivity contribution in [3.8, 4) is 0 Å². The van der Waals surface area contributed by atoms with Crippen LogP contribution in [0.4, 0.5) is 10.5 Å². The van der Waals surface area contributed by atoms with Crippen LogP contribution in [0, 0.1) is 5.41 Å². The topological polar surface area (TPSA) is 91.3 Å². The van der Waals surface area contributed by atoms with Crippen LogP contribution in [0.15, 0.2) is 18.3 Å². The summed E-state index contributed by atoms with van der Waals surface area (Å²) < 4.78 is 0. The molecule has 0 atom stereocenters. The molecule has 0 spiro atoms. The summed E-state index contributed by atoms with van der Waals surface area (Å²) in [6.45, 7) is 2.77. The summed E-state index contributed by atoms with van der Waals surface area (Å²) in [5.74, 6) is -1.16. The van der Waals surface area contributed by atoms with Gasteiger partial charge in [-0.2, -0.15) is 0 Å². The number of aromatic nitrogens is 1. The molecule has 0 saturated heterocycles. The fourth-order valence-corrected chi connectivity index (χ4v) is 2.33. The molecule has 108 valence electrons. The molecular weight excluding hydrogens is 258 g/mol. The van der Waals surface area contributed by atoms with Crippen molar-refractivity contribution in [2.45, 2.75) is 32.6 Å². The molecule has 1 aromatic heterocycles. The van der Waals surface area contributed by atoms with Gasteiger partial charge in [0.1, 0.15) is 0 Å². The van der Waals surface area contributed by atoms with Gasteiger partial charge in [0.05, 0.1) is 5.69 Å². The number of carbonyl (C=O) groups is 2. The van der Waals surface area contributed by atoms with E-state index in [2.05, 4.69) is 22.5 Å². The lowest BCUT2D eigenvalue weighted by atomic mass is 10.0. The molecule has 1 aromatic rings. The molecule has 2 amide bonds. The first kappa shape index (κ1) is 14.3. The van der Waals surface area contributed by atoms with Gasteiger partial charge in [-0.05, 0) is 36.8 Å². The molecule has 20 heavy (non-hydrogen) atoms. The Labute approximate surface area is 117 Å². The van der Waals surface area contributed by atoms with E-state index in [-0.39, 0.29) is 22.8 Å². The zero-order valence-corrected chi connectivity index (χ0v) is 11.5. The van der Waals surface area contributed by atoms with Gasteiger partial charge in [-0.3, -0.25) is 0 Å². The van der Waals surface area contributed by atoms with E-state index < -0.39 is 5.97 Å². The Balaban J connectivity index is 1.90. The zero-order chi connectivity index (χ0) is 14.6. The van der Waals surface area contributed by atoms with Gasteiger partial charge in [0.25, 0.3) is 0 Å². The highest BCUT2D eigenvalue weighted by molar-refractivity contribution is 5.98. The number of pyridine rings is 1. The van der Waals surface area contributed by atoms with Gasteiger partial charge in [0, 0.05) is 12.7 Å². The van der Waals surface area contributed by atoms with Crippen molar-refractivity contribution in [2.75, 3.05) is 11.9 Å². The smallest absolute Gasteiger partial charge is 0.356 e. The molecule has 2 rings (SSSR count). The molecule has 1 fully saturated rings. The number of nitrogens with one attached hydrogen (secondary N) is 2. The Hall–Kier alpha value is -2.11. The summed E-state index contributed by atoms with van der Waals surface area (Å²) >= 11 is 0. The van der Waals surface area contributed by atoms with Crippen LogP contribution < -0.4 is 10.6 Å². The molecule has 6 nitrogen and oxygen atoms in total. The number of urea groups is 1. The van der Waals surface area contributed by atoms with Crippen molar-refractivity contribution < 1.29 is 14.7 Å². The highest BCUT2D eigenvalue weighted by Gasteiger charge is 2.41. The number of anilines is 1. The highest BCUT2D eigenvalue weighted by Crippen LogP contribution is 2.48. The summed E-state index contributed by atoms with van der Waals surface area (Å²) in [6.07, 6.45) is 5.89. The molecular formula is C14H19N3O3. The summed E-state index contributed by atoms with van der Waals surface area (Å²) in [4.78, 5) is 26.5. The summed E-state index contributed by atoms with van der Waals surface area (Å²) in [5.41, 5.74) is 0.312. The molecule has 0 radical (unpaired) electrons. The van der Waals surface area contributed by atoms with Crippen molar-refractivity contribution in [1.29, 1.82) is 0 Å². The molecule has 6 heteroatoms. The highest BCUT2D eigenvalue weighted by atomic mass is 16.4. The maximum absolute atomic E-state index is 11.8. The molecule has 3 N–H and O–H groups in total. The minimum absolute atomic E-state index is 0.155. The van der Waals surface area contributed by atoms with E-state index in [0.717, 1.165) is 25.7 Å². The summed E-state index contributed by atoms with van der Waals surface area (Å²) in [5, 5.41) is 14.3. The third kappa shape index (κ3) is 3.46. The third-order valence-corrected chi connectivity index (χ3v) is 3.62. The van der Waals surface area contributed by atoms with E-state index in [9.17, 15) is 9.59 Å². The van der Waals surface area contributed by atoms with Crippen LogP contribution in [0.25, 0.3) is 0 Å². The third-order valence-electron chi connectivity index (χ3n) is 3.62. The van der Waals surface area contributed by atoms with Crippen LogP contribution in [-0.4, -0.2) is 28.6 Å². The monoisotopic (exact) mass is 277 g/mol. The van der Waals surface area contributed by atoms with Gasteiger partial charge >= 0.3 is 12.0 Å². The number of rotatable bonds is 6. The average Bonchev–Trinajstić information content (AvgIpc) is 3.18. The van der Waals surface area contributed by atoms with Gasteiger partial charge in [-0.15, -0.1) is 0 Å². The number of hydrogen-bond acceptors (Lipinski definition) is 3. The van der Waals surface area contributed by atoms with Gasteiger partial charge in [-0.25, -0.2) is 14.6 Å². The Morgan fingerprint density at radius 3 is 2.80 bits per heavy atom. The molecule has 1 aliphatic carbocycles. The maximum Gasteiger partial charge on any atom is 0.356 e. The van der Waals surface area contributed by atoms with Crippen molar-refractivity contribution in [2.24, 2.45) is 5.41 Å². The minimum atomic E-state index is -1.16. The van der Waals surface area contributed by atoms with Crippen LogP contribution in [0.5, 0.6) is 0 Å². The first-order valence-electron chi connectivity index (χ1n) is 6.79. The van der Waals surface area contributed by atoms with E-state index in [4.69, 9.17) is 5.11 Å². The van der Waals surface area contributed by atoms with E-state index >= 15 is 0 Å². The van der Waals surface area contributed by atoms with Crippen LogP contribution in [0.3, 0.4) is 0 Å². The Morgan fingerprint density at radius 2 is 2.20 bits per heavy atom. The standard InChI is InChI=1S/C14H19N3O3/c1-2-5-14(6-7-14)9-16-13(20)17-10-4-3-8-15-11(10)12(18)19/h3-4,8H,2,5-7,9H2,1H3,(H,18,19)(H2,16,17,20). The minimum Gasteiger partial charge on any atom is -0.476 e. The predicted octanol–water partition coefficient (Wildman–Crippen LogP) is 2.48. The number of carboxylic acid groups (broad SMARTS) is 1. The number of carbonyl (C=O) groups excluding carboxylic acids is 1. The second kappa shape index (κ2) is 5.90. The van der Waals surface area contributed by atoms with E-state index in [1.807, 2.05) is 0 Å². The zero-order valence-electron chi connectivity index (χ0n) is 11.5. The van der Waals surface area contributed by atoms with Crippen LogP contribution in [0.2, 0.25) is 0 Å². The lowest BCUT2D eigenvalue weighted by molar-refractivity contribution is 0.0691. The number of hydrogen-bond donors (Lipinski definition) is 3. The lowest BCUT2D eigenvalue weighted by Crippen LogP contribution is -2.34. The maximum atomic E-state index is 11.8. The fraction of sp³-hybridized carbons (Fsp3) is 0.500. The number of nitrogens with zero attached hydrogens (tertiary/aromatic N) is 1. The number of carboxylic acids is 1. The predicted molar refractivity (Wildman–Crippen MR) is 74.8 cm³/mol. The fourth-order valence-electron chi connectivity index (χ4n) is 2.33. The summed E-state index contributed by atoms with van der Waals surface area (Å²) in [6, 6.07) is 2.72. The second-order valence-electron chi connectivity index (χ2n) is 5.26. The molecule has 0 aromatic carbocycles.